The summed E-state index contributed by atoms with van der Waals surface area (Å²) in [6.07, 6.45) is 4.13. The first-order valence-corrected chi connectivity index (χ1v) is 9.22. The van der Waals surface area contributed by atoms with E-state index < -0.39 is 28.0 Å². The van der Waals surface area contributed by atoms with Gasteiger partial charge in [0.05, 0.1) is 10.8 Å². The number of hydrogen-bond donors (Lipinski definition) is 1. The van der Waals surface area contributed by atoms with E-state index in [4.69, 9.17) is 0 Å². The van der Waals surface area contributed by atoms with Crippen LogP contribution in [0.15, 0.2) is 23.1 Å². The Kier molecular flexibility index (Phi) is 3.99. The lowest BCUT2D eigenvalue weighted by molar-refractivity contribution is -0.144. The van der Waals surface area contributed by atoms with E-state index in [1.807, 2.05) is 6.07 Å². The van der Waals surface area contributed by atoms with Gasteiger partial charge in [-0.25, -0.2) is 8.42 Å². The molecule has 1 saturated heterocycles. The van der Waals surface area contributed by atoms with Crippen LogP contribution >= 0.6 is 0 Å². The molecule has 0 unspecified atom stereocenters. The van der Waals surface area contributed by atoms with E-state index in [0.29, 0.717) is 24.3 Å². The maximum Gasteiger partial charge on any atom is 0.308 e. The Bertz CT molecular complexity index is 698. The Hall–Kier alpha value is -1.40. The molecular formula is C16H21NO4S. The number of carboxylic acid groups (broad SMARTS) is 1. The van der Waals surface area contributed by atoms with Crippen LogP contribution in [-0.4, -0.2) is 36.4 Å². The average Bonchev–Trinajstić information content (AvgIpc) is 2.94. The smallest absolute Gasteiger partial charge is 0.308 e. The minimum Gasteiger partial charge on any atom is -0.481 e. The predicted molar refractivity (Wildman–Crippen MR) is 82.2 cm³/mol. The van der Waals surface area contributed by atoms with E-state index in [1.54, 1.807) is 19.1 Å². The van der Waals surface area contributed by atoms with Gasteiger partial charge in [-0.05, 0) is 62.3 Å². The second kappa shape index (κ2) is 5.66. The highest BCUT2D eigenvalue weighted by Gasteiger charge is 2.39. The zero-order valence-electron chi connectivity index (χ0n) is 12.7. The lowest BCUT2D eigenvalue weighted by Gasteiger charge is -2.36. The van der Waals surface area contributed by atoms with Crippen molar-refractivity contribution in [2.24, 2.45) is 5.92 Å². The topological polar surface area (TPSA) is 74.7 Å². The second-order valence-electron chi connectivity index (χ2n) is 6.23. The Balaban J connectivity index is 1.93. The number of aryl methyl sites for hydroxylation is 2. The Morgan fingerprint density at radius 3 is 2.68 bits per heavy atom. The summed E-state index contributed by atoms with van der Waals surface area (Å²) in [5, 5.41) is 9.27. The molecule has 0 amide bonds. The molecule has 1 aliphatic heterocycles. The molecule has 0 aromatic heterocycles. The number of rotatable bonds is 3. The summed E-state index contributed by atoms with van der Waals surface area (Å²) >= 11 is 0. The third kappa shape index (κ3) is 2.54. The van der Waals surface area contributed by atoms with E-state index in [1.165, 1.54) is 9.87 Å². The van der Waals surface area contributed by atoms with Crippen molar-refractivity contribution in [3.05, 3.63) is 29.3 Å². The quantitative estimate of drug-likeness (QED) is 0.924. The summed E-state index contributed by atoms with van der Waals surface area (Å²) in [6.45, 7) is 2.09. The molecule has 2 aliphatic rings. The van der Waals surface area contributed by atoms with Crippen LogP contribution in [-0.2, 0) is 27.7 Å². The summed E-state index contributed by atoms with van der Waals surface area (Å²) in [5.41, 5.74) is 2.34. The van der Waals surface area contributed by atoms with Crippen molar-refractivity contribution in [1.82, 2.24) is 4.31 Å². The fraction of sp³-hybridized carbons (Fsp3) is 0.562. The number of benzene rings is 1. The van der Waals surface area contributed by atoms with Gasteiger partial charge in [-0.2, -0.15) is 4.31 Å². The summed E-state index contributed by atoms with van der Waals surface area (Å²) < 4.78 is 27.2. The lowest BCUT2D eigenvalue weighted by Crippen LogP contribution is -2.48. The van der Waals surface area contributed by atoms with Gasteiger partial charge in [-0.3, -0.25) is 4.79 Å². The highest BCUT2D eigenvalue weighted by Crippen LogP contribution is 2.31. The molecule has 0 saturated carbocycles. The van der Waals surface area contributed by atoms with Gasteiger partial charge in [0, 0.05) is 12.6 Å². The van der Waals surface area contributed by atoms with Crippen LogP contribution in [0.25, 0.3) is 0 Å². The van der Waals surface area contributed by atoms with Crippen LogP contribution in [0.5, 0.6) is 0 Å². The highest BCUT2D eigenvalue weighted by atomic mass is 32.2. The number of piperidine rings is 1. The molecule has 3 rings (SSSR count). The normalized spacial score (nSPS) is 25.9. The third-order valence-corrected chi connectivity index (χ3v) is 6.91. The van der Waals surface area contributed by atoms with Crippen LogP contribution < -0.4 is 0 Å². The molecule has 0 bridgehead atoms. The van der Waals surface area contributed by atoms with Crippen molar-refractivity contribution in [3.8, 4) is 0 Å². The number of aliphatic carboxylic acids is 1. The lowest BCUT2D eigenvalue weighted by atomic mass is 9.92. The van der Waals surface area contributed by atoms with Crippen LogP contribution in [0.2, 0.25) is 0 Å². The predicted octanol–water partition coefficient (Wildman–Crippen LogP) is 2.05. The first kappa shape index (κ1) is 15.5. The molecule has 1 N–H and O–H groups in total. The summed E-state index contributed by atoms with van der Waals surface area (Å²) in [5.74, 6) is -1.54. The van der Waals surface area contributed by atoms with Gasteiger partial charge in [0.15, 0.2) is 0 Å². The molecule has 22 heavy (non-hydrogen) atoms. The molecule has 5 nitrogen and oxygen atoms in total. The van der Waals surface area contributed by atoms with Crippen molar-refractivity contribution >= 4 is 16.0 Å². The van der Waals surface area contributed by atoms with Crippen molar-refractivity contribution in [1.29, 1.82) is 0 Å². The Labute approximate surface area is 131 Å². The standard InChI is InChI=1S/C16H21NO4S/c1-11-15(16(18)19)6-3-9-17(11)22(20,21)14-8-7-12-4-2-5-13(12)10-14/h7-8,10-11,15H,2-6,9H2,1H3,(H,18,19)/t11-,15-/m1/s1. The number of carboxylic acids is 1. The molecule has 120 valence electrons. The molecule has 1 aromatic rings. The minimum atomic E-state index is -3.63. The van der Waals surface area contributed by atoms with Gasteiger partial charge in [0.25, 0.3) is 0 Å². The molecular weight excluding hydrogens is 302 g/mol. The SMILES string of the molecule is C[C@@H]1[C@H](C(=O)O)CCCN1S(=O)(=O)c1ccc2c(c1)CCC2. The Morgan fingerprint density at radius 1 is 1.23 bits per heavy atom. The van der Waals surface area contributed by atoms with Crippen LogP contribution in [0.1, 0.15) is 37.3 Å². The monoisotopic (exact) mass is 323 g/mol. The van der Waals surface area contributed by atoms with Crippen LogP contribution in [0, 0.1) is 5.92 Å². The zero-order valence-corrected chi connectivity index (χ0v) is 13.5. The summed E-state index contributed by atoms with van der Waals surface area (Å²) in [6, 6.07) is 4.83. The third-order valence-electron chi connectivity index (χ3n) is 4.92. The van der Waals surface area contributed by atoms with Gasteiger partial charge < -0.3 is 5.11 Å². The highest BCUT2D eigenvalue weighted by molar-refractivity contribution is 7.89. The van der Waals surface area contributed by atoms with E-state index in [2.05, 4.69) is 0 Å². The van der Waals surface area contributed by atoms with Gasteiger partial charge >= 0.3 is 5.97 Å². The molecule has 1 heterocycles. The molecule has 0 radical (unpaired) electrons. The first-order valence-electron chi connectivity index (χ1n) is 7.77. The fourth-order valence-corrected chi connectivity index (χ4v) is 5.38. The molecule has 1 aromatic carbocycles. The van der Waals surface area contributed by atoms with E-state index in [9.17, 15) is 18.3 Å². The van der Waals surface area contributed by atoms with E-state index in [-0.39, 0.29) is 0 Å². The molecule has 1 aliphatic carbocycles. The zero-order chi connectivity index (χ0) is 15.9. The maximum absolute atomic E-state index is 12.9. The number of sulfonamides is 1. The average molecular weight is 323 g/mol. The number of nitrogens with zero attached hydrogens (tertiary/aromatic N) is 1. The molecule has 0 spiro atoms. The van der Waals surface area contributed by atoms with E-state index >= 15 is 0 Å². The van der Waals surface area contributed by atoms with E-state index in [0.717, 1.165) is 24.8 Å². The molecule has 1 fully saturated rings. The maximum atomic E-state index is 12.9. The van der Waals surface area contributed by atoms with Crippen molar-refractivity contribution in [2.75, 3.05) is 6.54 Å². The minimum absolute atomic E-state index is 0.297. The number of carbonyl (C=O) groups is 1. The van der Waals surface area contributed by atoms with Gasteiger partial charge in [-0.15, -0.1) is 0 Å². The van der Waals surface area contributed by atoms with Gasteiger partial charge in [0.2, 0.25) is 10.0 Å². The van der Waals surface area contributed by atoms with Gasteiger partial charge in [0.1, 0.15) is 0 Å². The van der Waals surface area contributed by atoms with Crippen molar-refractivity contribution in [2.45, 2.75) is 50.0 Å². The fourth-order valence-electron chi connectivity index (χ4n) is 3.63. The summed E-state index contributed by atoms with van der Waals surface area (Å²) in [7, 11) is -3.63. The van der Waals surface area contributed by atoms with Crippen molar-refractivity contribution < 1.29 is 18.3 Å². The number of fused-ring (bicyclic) bond motifs is 1. The van der Waals surface area contributed by atoms with Gasteiger partial charge in [-0.1, -0.05) is 6.07 Å². The first-order chi connectivity index (χ1) is 10.4. The number of hydrogen-bond acceptors (Lipinski definition) is 3. The second-order valence-corrected chi connectivity index (χ2v) is 8.12. The summed E-state index contributed by atoms with van der Waals surface area (Å²) in [4.78, 5) is 11.6. The largest absolute Gasteiger partial charge is 0.481 e. The van der Waals surface area contributed by atoms with Crippen molar-refractivity contribution in [3.63, 3.8) is 0 Å². The molecule has 2 atom stereocenters. The molecule has 6 heteroatoms. The van der Waals surface area contributed by atoms with Crippen LogP contribution in [0.4, 0.5) is 0 Å². The van der Waals surface area contributed by atoms with Crippen LogP contribution in [0.3, 0.4) is 0 Å². The Morgan fingerprint density at radius 2 is 1.95 bits per heavy atom.